The van der Waals surface area contributed by atoms with Crippen molar-refractivity contribution in [3.05, 3.63) is 175 Å². The molecule has 7 rings (SSSR count). The molecule has 0 saturated heterocycles. The second-order valence-corrected chi connectivity index (χ2v) is 15.3. The Morgan fingerprint density at radius 3 is 1.61 bits per heavy atom. The van der Waals surface area contributed by atoms with Crippen molar-refractivity contribution < 1.29 is 8.73 Å². The van der Waals surface area contributed by atoms with Crippen LogP contribution in [-0.4, -0.2) is 9.37 Å². The van der Waals surface area contributed by atoms with Crippen LogP contribution in [0.5, 0.6) is 0 Å². The summed E-state index contributed by atoms with van der Waals surface area (Å²) in [6, 6.07) is 57.0. The summed E-state index contributed by atoms with van der Waals surface area (Å²) in [6.07, 6.45) is 0. The highest BCUT2D eigenvalue weighted by Crippen LogP contribution is 2.51. The fourth-order valence-corrected chi connectivity index (χ4v) is 10.5. The van der Waals surface area contributed by atoms with Crippen molar-refractivity contribution in [3.63, 3.8) is 0 Å². The molecule has 6 aromatic carbocycles. The maximum absolute atomic E-state index is 14.5. The number of nitrogens with zero attached hydrogens (tertiary/aromatic N) is 2. The van der Waals surface area contributed by atoms with E-state index in [1.165, 1.54) is 0 Å². The Balaban J connectivity index is 1.53. The van der Waals surface area contributed by atoms with Gasteiger partial charge in [0.05, 0.1) is 23.5 Å². The lowest BCUT2D eigenvalue weighted by atomic mass is 10.1. The number of aryl methyl sites for hydroxylation is 1. The number of hydrogen-bond acceptors (Lipinski definition) is 4. The minimum absolute atomic E-state index is 0.486. The van der Waals surface area contributed by atoms with Crippen LogP contribution in [0.15, 0.2) is 189 Å². The van der Waals surface area contributed by atoms with Crippen molar-refractivity contribution in [2.24, 2.45) is 4.74 Å². The fraction of sp³-hybridized carbons (Fsp3) is 0.0250. The third-order valence-electron chi connectivity index (χ3n) is 7.91. The molecule has 0 spiro atoms. The second-order valence-electron chi connectivity index (χ2n) is 10.9. The van der Waals surface area contributed by atoms with E-state index in [-0.39, 0.29) is 0 Å². The van der Waals surface area contributed by atoms with Gasteiger partial charge in [0.1, 0.15) is 10.6 Å². The smallest absolute Gasteiger partial charge is 0.184 e. The van der Waals surface area contributed by atoms with E-state index < -0.39 is 17.9 Å². The molecule has 0 fully saturated rings. The molecule has 0 saturated carbocycles. The highest BCUT2D eigenvalue weighted by Gasteiger charge is 2.30. The Bertz CT molecular complexity index is 2060. The molecule has 0 aliphatic rings. The van der Waals surface area contributed by atoms with Crippen molar-refractivity contribution in [3.8, 4) is 22.6 Å². The Morgan fingerprint density at radius 2 is 1.07 bits per heavy atom. The van der Waals surface area contributed by atoms with E-state index in [2.05, 4.69) is 78.0 Å². The molecule has 0 bridgehead atoms. The first-order chi connectivity index (χ1) is 22.6. The van der Waals surface area contributed by atoms with Gasteiger partial charge in [0.25, 0.3) is 0 Å². The molecule has 4 nitrogen and oxygen atoms in total. The Labute approximate surface area is 271 Å². The standard InChI is InChI=1S/C40H31N2O2PS/c1-30-26-28-35(29-27-30)46(43)40-38(41-44-39(40)31-16-6-2-7-17-31)36-24-14-15-25-37(36)42-45(32-18-8-3-9-19-32,33-20-10-4-11-21-33)34-22-12-5-13-23-34/h2-29H,1H3. The van der Waals surface area contributed by atoms with Gasteiger partial charge in [-0.3, -0.25) is 4.74 Å². The summed E-state index contributed by atoms with van der Waals surface area (Å²) in [7, 11) is -4.16. The molecule has 46 heavy (non-hydrogen) atoms. The molecule has 1 heterocycles. The van der Waals surface area contributed by atoms with Gasteiger partial charge in [-0.15, -0.1) is 0 Å². The number of hydrogen-bond donors (Lipinski definition) is 0. The van der Waals surface area contributed by atoms with Crippen LogP contribution in [0, 0.1) is 6.92 Å². The zero-order valence-electron chi connectivity index (χ0n) is 25.2. The fourth-order valence-electron chi connectivity index (χ4n) is 5.65. The molecule has 0 radical (unpaired) electrons. The first-order valence-electron chi connectivity index (χ1n) is 15.1. The van der Waals surface area contributed by atoms with Crippen molar-refractivity contribution in [1.82, 2.24) is 5.16 Å². The largest absolute Gasteiger partial charge is 0.354 e. The van der Waals surface area contributed by atoms with Crippen LogP contribution >= 0.6 is 7.05 Å². The molecular formula is C40H31N2O2PS. The van der Waals surface area contributed by atoms with Crippen LogP contribution in [0.25, 0.3) is 22.6 Å². The number of rotatable bonds is 8. The molecule has 1 atom stereocenters. The summed E-state index contributed by atoms with van der Waals surface area (Å²) in [4.78, 5) is 1.21. The first-order valence-corrected chi connectivity index (χ1v) is 18.0. The highest BCUT2D eigenvalue weighted by molar-refractivity contribution is 7.87. The Hall–Kier alpha value is -5.09. The molecule has 7 aromatic rings. The minimum atomic E-state index is -2.59. The lowest BCUT2D eigenvalue weighted by Crippen LogP contribution is -2.25. The van der Waals surface area contributed by atoms with Crippen LogP contribution in [0.3, 0.4) is 0 Å². The molecule has 0 aliphatic heterocycles. The van der Waals surface area contributed by atoms with E-state index in [0.29, 0.717) is 21.2 Å². The van der Waals surface area contributed by atoms with Crippen molar-refractivity contribution in [2.75, 3.05) is 0 Å². The zero-order chi connectivity index (χ0) is 31.3. The van der Waals surface area contributed by atoms with E-state index in [1.807, 2.05) is 104 Å². The lowest BCUT2D eigenvalue weighted by molar-refractivity contribution is 0.433. The normalized spacial score (nSPS) is 12.0. The van der Waals surface area contributed by atoms with Gasteiger partial charge in [-0.05, 0) is 25.1 Å². The van der Waals surface area contributed by atoms with E-state index >= 15 is 0 Å². The van der Waals surface area contributed by atoms with Crippen LogP contribution in [0.2, 0.25) is 0 Å². The molecule has 6 heteroatoms. The van der Waals surface area contributed by atoms with Gasteiger partial charge in [0.2, 0.25) is 0 Å². The Kier molecular flexibility index (Phi) is 8.43. The minimum Gasteiger partial charge on any atom is -0.354 e. The third-order valence-corrected chi connectivity index (χ3v) is 13.0. The second kappa shape index (κ2) is 13.1. The van der Waals surface area contributed by atoms with E-state index in [9.17, 15) is 4.21 Å². The Morgan fingerprint density at radius 1 is 0.587 bits per heavy atom. The van der Waals surface area contributed by atoms with Gasteiger partial charge in [-0.1, -0.05) is 162 Å². The molecule has 0 amide bonds. The van der Waals surface area contributed by atoms with Gasteiger partial charge in [0.15, 0.2) is 5.76 Å². The molecule has 224 valence electrons. The molecular weight excluding hydrogens is 603 g/mol. The van der Waals surface area contributed by atoms with Crippen molar-refractivity contribution in [2.45, 2.75) is 16.7 Å². The highest BCUT2D eigenvalue weighted by atomic mass is 32.2. The van der Waals surface area contributed by atoms with Crippen LogP contribution in [0.1, 0.15) is 5.56 Å². The predicted molar refractivity (Wildman–Crippen MR) is 190 cm³/mol. The summed E-state index contributed by atoms with van der Waals surface area (Å²) in [5.74, 6) is 0.486. The average Bonchev–Trinajstić information content (AvgIpc) is 3.57. The maximum Gasteiger partial charge on any atom is 0.184 e. The molecule has 0 aliphatic carbocycles. The van der Waals surface area contributed by atoms with Crippen LogP contribution in [0.4, 0.5) is 5.69 Å². The lowest BCUT2D eigenvalue weighted by Gasteiger charge is -2.27. The number of benzene rings is 6. The summed E-state index contributed by atoms with van der Waals surface area (Å²) < 4.78 is 26.3. The first kappa shape index (κ1) is 29.6. The van der Waals surface area contributed by atoms with E-state index in [4.69, 9.17) is 9.27 Å². The summed E-state index contributed by atoms with van der Waals surface area (Å²) in [5.41, 5.74) is 3.94. The monoisotopic (exact) mass is 634 g/mol. The van der Waals surface area contributed by atoms with Gasteiger partial charge in [-0.25, -0.2) is 4.21 Å². The van der Waals surface area contributed by atoms with Gasteiger partial charge >= 0.3 is 0 Å². The van der Waals surface area contributed by atoms with Gasteiger partial charge < -0.3 is 4.52 Å². The summed E-state index contributed by atoms with van der Waals surface area (Å²) >= 11 is 0. The third kappa shape index (κ3) is 5.60. The molecule has 1 unspecified atom stereocenters. The van der Waals surface area contributed by atoms with E-state index in [1.54, 1.807) is 0 Å². The zero-order valence-corrected chi connectivity index (χ0v) is 26.9. The quantitative estimate of drug-likeness (QED) is 0.157. The van der Waals surface area contributed by atoms with Crippen LogP contribution < -0.4 is 15.9 Å². The summed E-state index contributed by atoms with van der Waals surface area (Å²) in [5, 5.41) is 8.03. The van der Waals surface area contributed by atoms with Gasteiger partial charge in [0, 0.05) is 31.9 Å². The average molecular weight is 635 g/mol. The maximum atomic E-state index is 14.5. The topological polar surface area (TPSA) is 55.5 Å². The van der Waals surface area contributed by atoms with Crippen molar-refractivity contribution in [1.29, 1.82) is 0 Å². The predicted octanol–water partition coefficient (Wildman–Crippen LogP) is 9.29. The molecule has 1 aromatic heterocycles. The van der Waals surface area contributed by atoms with Gasteiger partial charge in [-0.2, -0.15) is 0 Å². The van der Waals surface area contributed by atoms with E-state index in [0.717, 1.165) is 38.3 Å². The van der Waals surface area contributed by atoms with Crippen molar-refractivity contribution >= 4 is 39.5 Å². The summed E-state index contributed by atoms with van der Waals surface area (Å²) in [6.45, 7) is 2.02. The van der Waals surface area contributed by atoms with Crippen LogP contribution in [-0.2, 0) is 10.8 Å². The molecule has 0 N–H and O–H groups in total. The SMILES string of the molecule is Cc1ccc(S(=O)c2c(-c3ccccc3N=P(c3ccccc3)(c3ccccc3)c3ccccc3)noc2-c2ccccc2)cc1. The number of aromatic nitrogens is 1.